The van der Waals surface area contributed by atoms with Gasteiger partial charge in [-0.05, 0) is 12.8 Å². The zero-order chi connectivity index (χ0) is 10.6. The van der Waals surface area contributed by atoms with E-state index in [2.05, 4.69) is 15.3 Å². The van der Waals surface area contributed by atoms with Gasteiger partial charge in [-0.25, -0.2) is 4.98 Å². The second-order valence-corrected chi connectivity index (χ2v) is 3.39. The summed E-state index contributed by atoms with van der Waals surface area (Å²) in [6.07, 6.45) is 2.92. The molecule has 0 spiro atoms. The number of imidazole rings is 1. The number of aromatic nitrogens is 2. The van der Waals surface area contributed by atoms with Gasteiger partial charge in [-0.2, -0.15) is 0 Å². The molecule has 1 aromatic heterocycles. The maximum atomic E-state index is 11.5. The molecule has 0 saturated heterocycles. The van der Waals surface area contributed by atoms with Gasteiger partial charge in [0.25, 0.3) is 5.91 Å². The van der Waals surface area contributed by atoms with E-state index >= 15 is 0 Å². The molecule has 0 fully saturated rings. The van der Waals surface area contributed by atoms with Gasteiger partial charge in [-0.3, -0.25) is 4.79 Å². The summed E-state index contributed by atoms with van der Waals surface area (Å²) in [5.41, 5.74) is 0.432. The molecule has 0 aliphatic rings. The average molecular weight is 197 g/mol. The van der Waals surface area contributed by atoms with E-state index in [0.717, 1.165) is 0 Å². The molecule has 2 unspecified atom stereocenters. The predicted octanol–water partition coefficient (Wildman–Crippen LogP) is 0.156. The van der Waals surface area contributed by atoms with Crippen LogP contribution in [0.2, 0.25) is 0 Å². The Morgan fingerprint density at radius 2 is 2.43 bits per heavy atom. The molecule has 1 amide bonds. The van der Waals surface area contributed by atoms with Gasteiger partial charge in [0.1, 0.15) is 5.69 Å². The highest BCUT2D eigenvalue weighted by Gasteiger charge is 2.15. The lowest BCUT2D eigenvalue weighted by Gasteiger charge is -2.18. The van der Waals surface area contributed by atoms with Gasteiger partial charge in [0.15, 0.2) is 0 Å². The molecule has 1 aromatic rings. The summed E-state index contributed by atoms with van der Waals surface area (Å²) in [6.45, 7) is 3.79. The summed E-state index contributed by atoms with van der Waals surface area (Å²) in [4.78, 5) is 17.9. The molecule has 0 saturated carbocycles. The fraction of sp³-hybridized carbons (Fsp3) is 0.556. The van der Waals surface area contributed by atoms with Crippen molar-refractivity contribution in [3.8, 4) is 0 Å². The van der Waals surface area contributed by atoms with E-state index in [9.17, 15) is 4.79 Å². The molecule has 5 nitrogen and oxygen atoms in total. The minimum absolute atomic E-state index is 0.0434. The van der Waals surface area contributed by atoms with E-state index in [1.54, 1.807) is 0 Å². The van der Waals surface area contributed by atoms with Crippen LogP contribution in [0.4, 0.5) is 0 Å². The third-order valence-corrected chi connectivity index (χ3v) is 2.24. The molecule has 1 heterocycles. The Balaban J connectivity index is 2.49. The van der Waals surface area contributed by atoms with Crippen LogP contribution < -0.4 is 5.32 Å². The molecule has 78 valence electrons. The van der Waals surface area contributed by atoms with Gasteiger partial charge in [0.05, 0.1) is 12.5 Å². The van der Waals surface area contributed by atoms with E-state index in [4.69, 9.17) is 5.11 Å². The second-order valence-electron chi connectivity index (χ2n) is 3.39. The van der Waals surface area contributed by atoms with Gasteiger partial charge < -0.3 is 15.4 Å². The molecular weight excluding hydrogens is 182 g/mol. The number of amides is 1. The van der Waals surface area contributed by atoms with Crippen molar-refractivity contribution in [2.75, 3.05) is 6.61 Å². The quantitative estimate of drug-likeness (QED) is 0.643. The summed E-state index contributed by atoms with van der Waals surface area (Å²) in [5.74, 6) is -0.155. The van der Waals surface area contributed by atoms with E-state index in [0.29, 0.717) is 5.69 Å². The highest BCUT2D eigenvalue weighted by atomic mass is 16.3. The van der Waals surface area contributed by atoms with Gasteiger partial charge >= 0.3 is 0 Å². The lowest BCUT2D eigenvalue weighted by molar-refractivity contribution is 0.0912. The largest absolute Gasteiger partial charge is 0.396 e. The fourth-order valence-corrected chi connectivity index (χ4v) is 0.965. The molecule has 14 heavy (non-hydrogen) atoms. The third-order valence-electron chi connectivity index (χ3n) is 2.24. The number of nitrogens with one attached hydrogen (secondary N) is 2. The molecule has 5 heteroatoms. The number of H-pyrrole nitrogens is 1. The lowest BCUT2D eigenvalue weighted by atomic mass is 10.1. The number of aliphatic hydroxyl groups is 1. The molecular formula is C9H15N3O2. The second kappa shape index (κ2) is 4.76. The normalized spacial score (nSPS) is 14.8. The van der Waals surface area contributed by atoms with E-state index in [-0.39, 0.29) is 24.5 Å². The first-order chi connectivity index (χ1) is 6.65. The van der Waals surface area contributed by atoms with Crippen molar-refractivity contribution in [1.29, 1.82) is 0 Å². The lowest BCUT2D eigenvalue weighted by Crippen LogP contribution is -2.38. The molecule has 0 aliphatic heterocycles. The van der Waals surface area contributed by atoms with Crippen LogP contribution in [0.3, 0.4) is 0 Å². The Labute approximate surface area is 82.6 Å². The Bertz CT molecular complexity index is 284. The van der Waals surface area contributed by atoms with Crippen molar-refractivity contribution < 1.29 is 9.90 Å². The fourth-order valence-electron chi connectivity index (χ4n) is 0.965. The first-order valence-corrected chi connectivity index (χ1v) is 4.55. The minimum Gasteiger partial charge on any atom is -0.396 e. The van der Waals surface area contributed by atoms with Crippen molar-refractivity contribution in [3.05, 3.63) is 18.2 Å². The van der Waals surface area contributed by atoms with Crippen LogP contribution >= 0.6 is 0 Å². The van der Waals surface area contributed by atoms with Crippen LogP contribution in [0.15, 0.2) is 12.5 Å². The zero-order valence-electron chi connectivity index (χ0n) is 8.32. The number of aliphatic hydroxyl groups excluding tert-OH is 1. The summed E-state index contributed by atoms with van der Waals surface area (Å²) >= 11 is 0. The average Bonchev–Trinajstić information content (AvgIpc) is 2.69. The number of carbonyl (C=O) groups excluding carboxylic acids is 1. The number of hydrogen-bond acceptors (Lipinski definition) is 3. The summed E-state index contributed by atoms with van der Waals surface area (Å²) in [6, 6.07) is -0.0594. The molecule has 0 aromatic carbocycles. The van der Waals surface area contributed by atoms with Gasteiger partial charge in [0.2, 0.25) is 0 Å². The predicted molar refractivity (Wildman–Crippen MR) is 51.8 cm³/mol. The summed E-state index contributed by atoms with van der Waals surface area (Å²) in [5, 5.41) is 11.6. The van der Waals surface area contributed by atoms with Crippen LogP contribution in [0, 0.1) is 5.92 Å². The van der Waals surface area contributed by atoms with E-state index in [1.807, 2.05) is 13.8 Å². The smallest absolute Gasteiger partial charge is 0.269 e. The molecule has 0 radical (unpaired) electrons. The van der Waals surface area contributed by atoms with Gasteiger partial charge in [-0.15, -0.1) is 0 Å². The Hall–Kier alpha value is -1.36. The number of rotatable bonds is 4. The Kier molecular flexibility index (Phi) is 3.64. The summed E-state index contributed by atoms with van der Waals surface area (Å²) < 4.78 is 0. The van der Waals surface area contributed by atoms with Crippen molar-refractivity contribution in [3.63, 3.8) is 0 Å². The summed E-state index contributed by atoms with van der Waals surface area (Å²) in [7, 11) is 0. The molecule has 3 N–H and O–H groups in total. The SMILES string of the molecule is CC(CO)C(C)NC(=O)c1cnc[nH]1. The van der Waals surface area contributed by atoms with Crippen molar-refractivity contribution in [2.45, 2.75) is 19.9 Å². The van der Waals surface area contributed by atoms with Crippen LogP contribution in [0.1, 0.15) is 24.3 Å². The Morgan fingerprint density at radius 1 is 1.71 bits per heavy atom. The first-order valence-electron chi connectivity index (χ1n) is 4.55. The number of aromatic amines is 1. The van der Waals surface area contributed by atoms with Crippen molar-refractivity contribution >= 4 is 5.91 Å². The van der Waals surface area contributed by atoms with Crippen LogP contribution in [0.5, 0.6) is 0 Å². The highest BCUT2D eigenvalue weighted by molar-refractivity contribution is 5.92. The minimum atomic E-state index is -0.199. The van der Waals surface area contributed by atoms with Gasteiger partial charge in [-0.1, -0.05) is 6.92 Å². The number of hydrogen-bond donors (Lipinski definition) is 3. The van der Waals surface area contributed by atoms with Crippen LogP contribution in [0.25, 0.3) is 0 Å². The first kappa shape index (κ1) is 10.7. The van der Waals surface area contributed by atoms with Crippen molar-refractivity contribution in [2.24, 2.45) is 5.92 Å². The number of nitrogens with zero attached hydrogens (tertiary/aromatic N) is 1. The number of carbonyl (C=O) groups is 1. The zero-order valence-corrected chi connectivity index (χ0v) is 8.32. The maximum absolute atomic E-state index is 11.5. The Morgan fingerprint density at radius 3 is 2.93 bits per heavy atom. The van der Waals surface area contributed by atoms with Gasteiger partial charge in [0, 0.05) is 12.6 Å². The van der Waals surface area contributed by atoms with Crippen LogP contribution in [-0.2, 0) is 0 Å². The van der Waals surface area contributed by atoms with E-state index in [1.165, 1.54) is 12.5 Å². The molecule has 2 atom stereocenters. The third kappa shape index (κ3) is 2.56. The monoisotopic (exact) mass is 197 g/mol. The maximum Gasteiger partial charge on any atom is 0.269 e. The molecule has 0 aliphatic carbocycles. The molecule has 1 rings (SSSR count). The van der Waals surface area contributed by atoms with Crippen molar-refractivity contribution in [1.82, 2.24) is 15.3 Å². The van der Waals surface area contributed by atoms with Crippen LogP contribution in [-0.4, -0.2) is 33.6 Å². The molecule has 0 bridgehead atoms. The highest BCUT2D eigenvalue weighted by Crippen LogP contribution is 2.02. The standard InChI is InChI=1S/C9H15N3O2/c1-6(4-13)7(2)12-9(14)8-3-10-5-11-8/h3,5-7,13H,4H2,1-2H3,(H,10,11)(H,12,14). The van der Waals surface area contributed by atoms with E-state index < -0.39 is 0 Å². The topological polar surface area (TPSA) is 78.0 Å².